The number of nitrogen functional groups attached to an aromatic ring is 1. The number of hydrogen-bond donors (Lipinski definition) is 3. The smallest absolute Gasteiger partial charge is 0.395 e. The first-order chi connectivity index (χ1) is 8.24. The molecule has 2 aromatic heterocycles. The number of fused-ring (bicyclic) bond motifs is 1. The van der Waals surface area contributed by atoms with E-state index in [2.05, 4.69) is 25.3 Å². The SMILES string of the molecule is COCCNc1nc(N)c2[nH]c(OC)[nH+]c2n1. The predicted molar refractivity (Wildman–Crippen MR) is 61.8 cm³/mol. The lowest BCUT2D eigenvalue weighted by molar-refractivity contribution is -0.364. The number of hydrogen-bond acceptors (Lipinski definition) is 6. The van der Waals surface area contributed by atoms with Crippen molar-refractivity contribution >= 4 is 22.9 Å². The molecular formula is C9H15N6O2+. The highest BCUT2D eigenvalue weighted by molar-refractivity contribution is 5.80. The van der Waals surface area contributed by atoms with Crippen molar-refractivity contribution < 1.29 is 14.5 Å². The molecule has 2 aromatic rings. The molecule has 0 unspecified atom stereocenters. The highest BCUT2D eigenvalue weighted by atomic mass is 16.5. The fourth-order valence-electron chi connectivity index (χ4n) is 1.39. The lowest BCUT2D eigenvalue weighted by atomic mass is 10.5. The van der Waals surface area contributed by atoms with Crippen molar-refractivity contribution in [2.45, 2.75) is 0 Å². The number of rotatable bonds is 5. The molecular weight excluding hydrogens is 224 g/mol. The molecule has 5 N–H and O–H groups in total. The number of aromatic amines is 2. The van der Waals surface area contributed by atoms with Crippen LogP contribution in [0.3, 0.4) is 0 Å². The summed E-state index contributed by atoms with van der Waals surface area (Å²) in [6.45, 7) is 1.18. The third kappa shape index (κ3) is 2.36. The molecule has 8 nitrogen and oxygen atoms in total. The summed E-state index contributed by atoms with van der Waals surface area (Å²) in [5, 5.41) is 3.00. The minimum Gasteiger partial charge on any atom is -0.446 e. The Morgan fingerprint density at radius 2 is 2.24 bits per heavy atom. The molecule has 2 rings (SSSR count). The van der Waals surface area contributed by atoms with E-state index in [9.17, 15) is 0 Å². The Hall–Kier alpha value is -2.09. The summed E-state index contributed by atoms with van der Waals surface area (Å²) in [5.74, 6) is 0.805. The van der Waals surface area contributed by atoms with Gasteiger partial charge in [0.25, 0.3) is 0 Å². The van der Waals surface area contributed by atoms with Crippen LogP contribution in [0.25, 0.3) is 11.2 Å². The van der Waals surface area contributed by atoms with Crippen LogP contribution in [0.1, 0.15) is 0 Å². The molecule has 0 aliphatic heterocycles. The van der Waals surface area contributed by atoms with Crippen LogP contribution in [-0.2, 0) is 4.74 Å². The minimum absolute atomic E-state index is 0.356. The summed E-state index contributed by atoms with van der Waals surface area (Å²) >= 11 is 0. The average molecular weight is 239 g/mol. The second-order valence-electron chi connectivity index (χ2n) is 3.36. The van der Waals surface area contributed by atoms with E-state index in [4.69, 9.17) is 15.2 Å². The van der Waals surface area contributed by atoms with Crippen molar-refractivity contribution in [1.29, 1.82) is 0 Å². The maximum atomic E-state index is 5.80. The van der Waals surface area contributed by atoms with Gasteiger partial charge in [-0.2, -0.15) is 4.98 Å². The van der Waals surface area contributed by atoms with Gasteiger partial charge in [0.05, 0.1) is 13.7 Å². The van der Waals surface area contributed by atoms with Gasteiger partial charge in [-0.1, -0.05) is 4.98 Å². The van der Waals surface area contributed by atoms with Crippen molar-refractivity contribution in [3.63, 3.8) is 0 Å². The van der Waals surface area contributed by atoms with E-state index < -0.39 is 0 Å². The molecule has 0 fully saturated rings. The number of ether oxygens (including phenoxy) is 2. The average Bonchev–Trinajstić information content (AvgIpc) is 2.73. The number of imidazole rings is 1. The molecule has 0 aromatic carbocycles. The Kier molecular flexibility index (Phi) is 3.24. The Morgan fingerprint density at radius 3 is 2.94 bits per heavy atom. The molecule has 2 heterocycles. The van der Waals surface area contributed by atoms with Crippen LogP contribution in [-0.4, -0.2) is 42.3 Å². The van der Waals surface area contributed by atoms with Gasteiger partial charge in [0.15, 0.2) is 5.82 Å². The van der Waals surface area contributed by atoms with Crippen molar-refractivity contribution in [1.82, 2.24) is 15.0 Å². The standard InChI is InChI=1S/C9H14N6O2/c1-16-4-3-11-8-13-6(10)5-7(14-8)15-9(12-5)17-2/h3-4H2,1-2H3,(H4,10,11,12,13,14,15)/p+1. The van der Waals surface area contributed by atoms with E-state index in [0.717, 1.165) is 0 Å². The minimum atomic E-state index is 0.356. The first-order valence-electron chi connectivity index (χ1n) is 5.10. The van der Waals surface area contributed by atoms with E-state index >= 15 is 0 Å². The molecule has 0 atom stereocenters. The highest BCUT2D eigenvalue weighted by Gasteiger charge is 2.17. The summed E-state index contributed by atoms with van der Waals surface area (Å²) < 4.78 is 9.94. The fraction of sp³-hybridized carbons (Fsp3) is 0.444. The molecule has 17 heavy (non-hydrogen) atoms. The summed E-state index contributed by atoms with van der Waals surface area (Å²) in [6, 6.07) is 0.482. The zero-order valence-electron chi connectivity index (χ0n) is 9.70. The Morgan fingerprint density at radius 1 is 1.41 bits per heavy atom. The van der Waals surface area contributed by atoms with Crippen molar-refractivity contribution in [2.75, 3.05) is 38.4 Å². The number of nitrogens with zero attached hydrogens (tertiary/aromatic N) is 2. The molecule has 92 valence electrons. The zero-order chi connectivity index (χ0) is 12.3. The van der Waals surface area contributed by atoms with E-state index in [1.54, 1.807) is 14.2 Å². The molecule has 0 aliphatic rings. The monoisotopic (exact) mass is 239 g/mol. The maximum Gasteiger partial charge on any atom is 0.395 e. The van der Waals surface area contributed by atoms with Crippen molar-refractivity contribution in [3.05, 3.63) is 0 Å². The zero-order valence-corrected chi connectivity index (χ0v) is 9.70. The van der Waals surface area contributed by atoms with Crippen LogP contribution in [0.2, 0.25) is 0 Å². The van der Waals surface area contributed by atoms with Crippen LogP contribution in [0.4, 0.5) is 11.8 Å². The first kappa shape index (κ1) is 11.4. The van der Waals surface area contributed by atoms with Crippen LogP contribution in [0, 0.1) is 0 Å². The number of nitrogens with one attached hydrogen (secondary N) is 3. The van der Waals surface area contributed by atoms with Gasteiger partial charge in [0.2, 0.25) is 5.52 Å². The topological polar surface area (TPSA) is 112 Å². The summed E-state index contributed by atoms with van der Waals surface area (Å²) in [5.41, 5.74) is 7.02. The molecule has 0 bridgehead atoms. The molecule has 0 radical (unpaired) electrons. The second-order valence-corrected chi connectivity index (χ2v) is 3.36. The predicted octanol–water partition coefficient (Wildman–Crippen LogP) is -0.579. The maximum absolute atomic E-state index is 5.80. The molecule has 0 spiro atoms. The first-order valence-corrected chi connectivity index (χ1v) is 5.10. The second kappa shape index (κ2) is 4.83. The molecule has 8 heteroatoms. The molecule has 0 aliphatic carbocycles. The van der Waals surface area contributed by atoms with Gasteiger partial charge in [0, 0.05) is 13.7 Å². The Labute approximate surface area is 97.6 Å². The number of methoxy groups -OCH3 is 2. The highest BCUT2D eigenvalue weighted by Crippen LogP contribution is 2.16. The van der Waals surface area contributed by atoms with Gasteiger partial charge in [-0.15, -0.1) is 0 Å². The van der Waals surface area contributed by atoms with Crippen LogP contribution in [0.5, 0.6) is 6.01 Å². The number of H-pyrrole nitrogens is 2. The van der Waals surface area contributed by atoms with Crippen LogP contribution < -0.4 is 20.8 Å². The third-order valence-corrected chi connectivity index (χ3v) is 2.20. The van der Waals surface area contributed by atoms with Gasteiger partial charge < -0.3 is 20.5 Å². The molecule has 0 saturated heterocycles. The van der Waals surface area contributed by atoms with Gasteiger partial charge >= 0.3 is 17.6 Å². The van der Waals surface area contributed by atoms with Crippen LogP contribution in [0.15, 0.2) is 0 Å². The van der Waals surface area contributed by atoms with Crippen molar-refractivity contribution in [3.8, 4) is 6.01 Å². The number of nitrogens with two attached hydrogens (primary N) is 1. The van der Waals surface area contributed by atoms with E-state index in [0.29, 0.717) is 42.1 Å². The van der Waals surface area contributed by atoms with Gasteiger partial charge in [0.1, 0.15) is 0 Å². The van der Waals surface area contributed by atoms with E-state index in [1.165, 1.54) is 0 Å². The summed E-state index contributed by atoms with van der Waals surface area (Å²) in [4.78, 5) is 14.2. The normalized spacial score (nSPS) is 10.7. The van der Waals surface area contributed by atoms with E-state index in [1.807, 2.05) is 0 Å². The van der Waals surface area contributed by atoms with Gasteiger partial charge in [-0.05, 0) is 0 Å². The molecule has 0 saturated carbocycles. The van der Waals surface area contributed by atoms with Crippen molar-refractivity contribution in [2.24, 2.45) is 0 Å². The lowest BCUT2D eigenvalue weighted by Crippen LogP contribution is -2.12. The third-order valence-electron chi connectivity index (χ3n) is 2.20. The number of anilines is 2. The largest absolute Gasteiger partial charge is 0.446 e. The number of aromatic nitrogens is 4. The summed E-state index contributed by atoms with van der Waals surface area (Å²) in [7, 11) is 3.17. The van der Waals surface area contributed by atoms with Gasteiger partial charge in [-0.25, -0.2) is 9.97 Å². The van der Waals surface area contributed by atoms with E-state index in [-0.39, 0.29) is 0 Å². The Bertz CT molecular complexity index is 511. The van der Waals surface area contributed by atoms with Gasteiger partial charge in [-0.3, -0.25) is 0 Å². The summed E-state index contributed by atoms with van der Waals surface area (Å²) in [6.07, 6.45) is 0. The quantitative estimate of drug-likeness (QED) is 0.602. The fourth-order valence-corrected chi connectivity index (χ4v) is 1.39. The lowest BCUT2D eigenvalue weighted by Gasteiger charge is -2.00. The Balaban J connectivity index is 2.27. The van der Waals surface area contributed by atoms with Crippen LogP contribution >= 0.6 is 0 Å². The molecule has 0 amide bonds.